The van der Waals surface area contributed by atoms with Gasteiger partial charge in [0.15, 0.2) is 0 Å². The fraction of sp³-hybridized carbons (Fsp3) is 1.00. The van der Waals surface area contributed by atoms with Crippen molar-refractivity contribution >= 4 is 11.6 Å². The van der Waals surface area contributed by atoms with E-state index in [-0.39, 0.29) is 5.54 Å². The van der Waals surface area contributed by atoms with E-state index in [2.05, 4.69) is 39.6 Å². The van der Waals surface area contributed by atoms with E-state index in [1.54, 1.807) is 0 Å². The Labute approximate surface area is 75.7 Å². The van der Waals surface area contributed by atoms with E-state index in [0.717, 1.165) is 6.54 Å². The van der Waals surface area contributed by atoms with Crippen LogP contribution in [0.1, 0.15) is 27.7 Å². The molecule has 11 heavy (non-hydrogen) atoms. The molecule has 0 aromatic heterocycles. The molecule has 0 radical (unpaired) electrons. The first kappa shape index (κ1) is 11.2. The number of halogens is 1. The Bertz CT molecular complexity index is 110. The standard InChI is InChI=1S/C9H20ClN/c1-8(2)6-11(5)9(3,4)7-10/h8H,6-7H2,1-5H3. The van der Waals surface area contributed by atoms with E-state index in [4.69, 9.17) is 11.6 Å². The van der Waals surface area contributed by atoms with Gasteiger partial charge in [-0.05, 0) is 26.8 Å². The van der Waals surface area contributed by atoms with Gasteiger partial charge in [-0.1, -0.05) is 13.8 Å². The molecule has 0 heterocycles. The van der Waals surface area contributed by atoms with Crippen LogP contribution in [0.4, 0.5) is 0 Å². The summed E-state index contributed by atoms with van der Waals surface area (Å²) < 4.78 is 0. The molecule has 0 aromatic carbocycles. The van der Waals surface area contributed by atoms with Gasteiger partial charge in [0, 0.05) is 18.0 Å². The Balaban J connectivity index is 3.90. The lowest BCUT2D eigenvalue weighted by Crippen LogP contribution is -2.44. The zero-order valence-corrected chi connectivity index (χ0v) is 9.07. The Kier molecular flexibility index (Phi) is 4.42. The fourth-order valence-electron chi connectivity index (χ4n) is 0.897. The van der Waals surface area contributed by atoms with Crippen LogP contribution in [-0.4, -0.2) is 29.9 Å². The minimum absolute atomic E-state index is 0.131. The molecule has 0 aliphatic rings. The third kappa shape index (κ3) is 3.97. The molecule has 0 saturated heterocycles. The topological polar surface area (TPSA) is 3.24 Å². The van der Waals surface area contributed by atoms with Gasteiger partial charge in [0.2, 0.25) is 0 Å². The van der Waals surface area contributed by atoms with Gasteiger partial charge in [-0.25, -0.2) is 0 Å². The summed E-state index contributed by atoms with van der Waals surface area (Å²) in [6.07, 6.45) is 0. The van der Waals surface area contributed by atoms with Gasteiger partial charge in [-0.15, -0.1) is 11.6 Å². The summed E-state index contributed by atoms with van der Waals surface area (Å²) in [5.41, 5.74) is 0.131. The smallest absolute Gasteiger partial charge is 0.0402 e. The lowest BCUT2D eigenvalue weighted by atomic mass is 10.0. The molecular formula is C9H20ClN. The molecule has 0 unspecified atom stereocenters. The molecular weight excluding hydrogens is 158 g/mol. The second-order valence-corrected chi connectivity index (χ2v) is 4.49. The molecule has 0 saturated carbocycles. The van der Waals surface area contributed by atoms with Crippen molar-refractivity contribution in [3.63, 3.8) is 0 Å². The van der Waals surface area contributed by atoms with Gasteiger partial charge in [-0.2, -0.15) is 0 Å². The number of nitrogens with zero attached hydrogens (tertiary/aromatic N) is 1. The molecule has 68 valence electrons. The maximum Gasteiger partial charge on any atom is 0.0402 e. The Morgan fingerprint density at radius 2 is 1.82 bits per heavy atom. The first-order chi connectivity index (χ1) is 4.90. The van der Waals surface area contributed by atoms with E-state index >= 15 is 0 Å². The van der Waals surface area contributed by atoms with Gasteiger partial charge in [0.1, 0.15) is 0 Å². The van der Waals surface area contributed by atoms with Crippen molar-refractivity contribution in [1.82, 2.24) is 4.90 Å². The number of rotatable bonds is 4. The Morgan fingerprint density at radius 3 is 2.09 bits per heavy atom. The molecule has 0 spiro atoms. The monoisotopic (exact) mass is 177 g/mol. The van der Waals surface area contributed by atoms with Crippen molar-refractivity contribution < 1.29 is 0 Å². The van der Waals surface area contributed by atoms with E-state index < -0.39 is 0 Å². The van der Waals surface area contributed by atoms with Crippen molar-refractivity contribution in [2.24, 2.45) is 5.92 Å². The number of hydrogen-bond acceptors (Lipinski definition) is 1. The predicted octanol–water partition coefficient (Wildman–Crippen LogP) is 2.59. The lowest BCUT2D eigenvalue weighted by molar-refractivity contribution is 0.160. The largest absolute Gasteiger partial charge is 0.300 e. The van der Waals surface area contributed by atoms with Crippen LogP contribution >= 0.6 is 11.6 Å². The maximum absolute atomic E-state index is 5.83. The number of alkyl halides is 1. The minimum Gasteiger partial charge on any atom is -0.300 e. The summed E-state index contributed by atoms with van der Waals surface area (Å²) in [5, 5.41) is 0. The highest BCUT2D eigenvalue weighted by atomic mass is 35.5. The van der Waals surface area contributed by atoms with Crippen LogP contribution in [-0.2, 0) is 0 Å². The molecule has 0 aromatic rings. The van der Waals surface area contributed by atoms with Gasteiger partial charge < -0.3 is 0 Å². The normalized spacial score (nSPS) is 13.1. The van der Waals surface area contributed by atoms with Crippen LogP contribution in [0.15, 0.2) is 0 Å². The molecule has 0 bridgehead atoms. The average Bonchev–Trinajstić information content (AvgIpc) is 1.86. The molecule has 2 heteroatoms. The van der Waals surface area contributed by atoms with E-state index in [1.165, 1.54) is 0 Å². The Hall–Kier alpha value is 0.250. The third-order valence-electron chi connectivity index (χ3n) is 2.00. The first-order valence-corrected chi connectivity index (χ1v) is 4.71. The average molecular weight is 178 g/mol. The Morgan fingerprint density at radius 1 is 1.36 bits per heavy atom. The van der Waals surface area contributed by atoms with Crippen molar-refractivity contribution in [2.75, 3.05) is 19.5 Å². The minimum atomic E-state index is 0.131. The second kappa shape index (κ2) is 4.32. The van der Waals surface area contributed by atoms with Gasteiger partial charge >= 0.3 is 0 Å². The van der Waals surface area contributed by atoms with Crippen LogP contribution in [0.25, 0.3) is 0 Å². The van der Waals surface area contributed by atoms with Crippen molar-refractivity contribution in [3.05, 3.63) is 0 Å². The second-order valence-electron chi connectivity index (χ2n) is 4.22. The molecule has 0 aliphatic heterocycles. The SMILES string of the molecule is CC(C)CN(C)C(C)(C)CCl. The molecule has 0 atom stereocenters. The van der Waals surface area contributed by atoms with Gasteiger partial charge in [0.25, 0.3) is 0 Å². The molecule has 0 fully saturated rings. The summed E-state index contributed by atoms with van der Waals surface area (Å²) >= 11 is 5.83. The summed E-state index contributed by atoms with van der Waals surface area (Å²) in [6, 6.07) is 0. The molecule has 0 aliphatic carbocycles. The van der Waals surface area contributed by atoms with Crippen LogP contribution in [0.2, 0.25) is 0 Å². The zero-order chi connectivity index (χ0) is 9.07. The van der Waals surface area contributed by atoms with Crippen LogP contribution in [0, 0.1) is 5.92 Å². The van der Waals surface area contributed by atoms with E-state index in [1.807, 2.05) is 0 Å². The van der Waals surface area contributed by atoms with Crippen molar-refractivity contribution in [2.45, 2.75) is 33.2 Å². The highest BCUT2D eigenvalue weighted by Crippen LogP contribution is 2.15. The third-order valence-corrected chi connectivity index (χ3v) is 2.65. The quantitative estimate of drug-likeness (QED) is 0.597. The highest BCUT2D eigenvalue weighted by Gasteiger charge is 2.22. The summed E-state index contributed by atoms with van der Waals surface area (Å²) in [4.78, 5) is 2.31. The molecule has 1 nitrogen and oxygen atoms in total. The van der Waals surface area contributed by atoms with E-state index in [0.29, 0.717) is 11.8 Å². The van der Waals surface area contributed by atoms with Gasteiger partial charge in [-0.3, -0.25) is 4.90 Å². The molecule has 0 N–H and O–H groups in total. The summed E-state index contributed by atoms with van der Waals surface area (Å²) in [7, 11) is 2.13. The van der Waals surface area contributed by atoms with Crippen molar-refractivity contribution in [1.29, 1.82) is 0 Å². The van der Waals surface area contributed by atoms with Gasteiger partial charge in [0.05, 0.1) is 0 Å². The first-order valence-electron chi connectivity index (χ1n) is 4.17. The number of hydrogen-bond donors (Lipinski definition) is 0. The zero-order valence-electron chi connectivity index (χ0n) is 8.32. The fourth-order valence-corrected chi connectivity index (χ4v) is 1.10. The van der Waals surface area contributed by atoms with E-state index in [9.17, 15) is 0 Å². The molecule has 0 rings (SSSR count). The van der Waals surface area contributed by atoms with Crippen LogP contribution in [0.5, 0.6) is 0 Å². The van der Waals surface area contributed by atoms with Crippen LogP contribution < -0.4 is 0 Å². The highest BCUT2D eigenvalue weighted by molar-refractivity contribution is 6.18. The maximum atomic E-state index is 5.83. The lowest BCUT2D eigenvalue weighted by Gasteiger charge is -2.34. The van der Waals surface area contributed by atoms with Crippen molar-refractivity contribution in [3.8, 4) is 0 Å². The predicted molar refractivity (Wildman–Crippen MR) is 52.3 cm³/mol. The summed E-state index contributed by atoms with van der Waals surface area (Å²) in [5.74, 6) is 1.40. The van der Waals surface area contributed by atoms with Crippen LogP contribution in [0.3, 0.4) is 0 Å². The molecule has 0 amide bonds. The summed E-state index contributed by atoms with van der Waals surface area (Å²) in [6.45, 7) is 9.89.